The number of esters is 1. The van der Waals surface area contributed by atoms with Crippen LogP contribution in [0.2, 0.25) is 0 Å². The van der Waals surface area contributed by atoms with E-state index in [4.69, 9.17) is 23.7 Å². The molecule has 3 fully saturated rings. The van der Waals surface area contributed by atoms with Crippen molar-refractivity contribution in [1.29, 1.82) is 0 Å². The molecule has 0 amide bonds. The molecule has 1 aromatic rings. The highest BCUT2D eigenvalue weighted by Gasteiger charge is 2.72. The topological polar surface area (TPSA) is 73.1 Å². The highest BCUT2D eigenvalue weighted by atomic mass is 16.6. The minimum absolute atomic E-state index is 0.0683. The van der Waals surface area contributed by atoms with Gasteiger partial charge in [0, 0.05) is 20.1 Å². The van der Waals surface area contributed by atoms with Gasteiger partial charge in [-0.2, -0.15) is 0 Å². The molecule has 1 saturated carbocycles. The summed E-state index contributed by atoms with van der Waals surface area (Å²) < 4.78 is 30.1. The molecule has 2 aliphatic heterocycles. The van der Waals surface area contributed by atoms with Crippen molar-refractivity contribution in [3.05, 3.63) is 29.8 Å². The summed E-state index contributed by atoms with van der Waals surface area (Å²) in [6, 6.07) is 7.96. The Morgan fingerprint density at radius 3 is 2.56 bits per heavy atom. The fourth-order valence-electron chi connectivity index (χ4n) is 5.85. The number of nitrogens with zero attached hydrogens (tertiary/aromatic N) is 1. The predicted octanol–water partition coefficient (Wildman–Crippen LogP) is 4.26. The number of hydrogen-bond acceptors (Lipinski definition) is 7. The zero-order valence-electron chi connectivity index (χ0n) is 23.0. The molecule has 2 heterocycles. The molecule has 202 valence electrons. The summed E-state index contributed by atoms with van der Waals surface area (Å²) in [5.74, 6) is 1.38. The largest absolute Gasteiger partial charge is 0.492 e. The van der Waals surface area contributed by atoms with E-state index in [1.54, 1.807) is 7.11 Å². The number of hydrogen-bond donors (Lipinski definition) is 0. The molecule has 7 nitrogen and oxygen atoms in total. The van der Waals surface area contributed by atoms with E-state index >= 15 is 0 Å². The number of aryl methyl sites for hydroxylation is 1. The van der Waals surface area contributed by atoms with Gasteiger partial charge in [0.1, 0.15) is 35.8 Å². The highest BCUT2D eigenvalue weighted by Crippen LogP contribution is 2.59. The molecule has 1 aliphatic carbocycles. The fraction of sp³-hybridized carbons (Fsp3) is 0.759. The molecular weight excluding hydrogens is 458 g/mol. The van der Waals surface area contributed by atoms with Crippen molar-refractivity contribution in [3.8, 4) is 5.75 Å². The highest BCUT2D eigenvalue weighted by molar-refractivity contribution is 5.70. The van der Waals surface area contributed by atoms with Gasteiger partial charge in [0.15, 0.2) is 0 Å². The van der Waals surface area contributed by atoms with E-state index in [-0.39, 0.29) is 41.4 Å². The minimum Gasteiger partial charge on any atom is -0.492 e. The van der Waals surface area contributed by atoms with Gasteiger partial charge in [-0.25, -0.2) is 0 Å². The lowest BCUT2D eigenvalue weighted by atomic mass is 9.68. The Balaban J connectivity index is 1.30. The van der Waals surface area contributed by atoms with Gasteiger partial charge in [-0.15, -0.1) is 0 Å². The van der Waals surface area contributed by atoms with E-state index in [2.05, 4.69) is 25.7 Å². The molecule has 7 heteroatoms. The summed E-state index contributed by atoms with van der Waals surface area (Å²) in [5.41, 5.74) is 0.614. The summed E-state index contributed by atoms with van der Waals surface area (Å²) in [6.07, 6.45) is 4.50. The molecule has 36 heavy (non-hydrogen) atoms. The van der Waals surface area contributed by atoms with Crippen LogP contribution >= 0.6 is 0 Å². The molecule has 4 rings (SSSR count). The second-order valence-electron chi connectivity index (χ2n) is 11.7. The second-order valence-corrected chi connectivity index (χ2v) is 11.7. The molecule has 6 atom stereocenters. The zero-order valence-corrected chi connectivity index (χ0v) is 23.0. The van der Waals surface area contributed by atoms with Gasteiger partial charge < -0.3 is 28.6 Å². The number of rotatable bonds is 13. The Bertz CT molecular complexity index is 867. The van der Waals surface area contributed by atoms with E-state index in [0.717, 1.165) is 50.1 Å². The van der Waals surface area contributed by atoms with E-state index in [1.165, 1.54) is 0 Å². The molecule has 2 unspecified atom stereocenters. The smallest absolute Gasteiger partial charge is 0.306 e. The molecule has 1 spiro atoms. The first-order valence-electron chi connectivity index (χ1n) is 13.6. The number of carbonyl (C=O) groups excluding carboxylic acids is 1. The molecule has 2 saturated heterocycles. The first kappa shape index (κ1) is 27.4. The Labute approximate surface area is 216 Å². The van der Waals surface area contributed by atoms with Crippen LogP contribution in [0.5, 0.6) is 5.75 Å². The number of methoxy groups -OCH3 is 1. The van der Waals surface area contributed by atoms with Crippen molar-refractivity contribution in [3.63, 3.8) is 0 Å². The monoisotopic (exact) mass is 503 g/mol. The van der Waals surface area contributed by atoms with Gasteiger partial charge in [0.05, 0.1) is 18.6 Å². The summed E-state index contributed by atoms with van der Waals surface area (Å²) in [4.78, 5) is 14.9. The lowest BCUT2D eigenvalue weighted by Crippen LogP contribution is -2.55. The van der Waals surface area contributed by atoms with Gasteiger partial charge in [-0.1, -0.05) is 26.0 Å². The Kier molecular flexibility index (Phi) is 8.65. The fourth-order valence-corrected chi connectivity index (χ4v) is 5.85. The Hall–Kier alpha value is -1.67. The zero-order chi connectivity index (χ0) is 25.9. The molecular formula is C29H45NO6. The van der Waals surface area contributed by atoms with Crippen LogP contribution in [-0.4, -0.2) is 81.3 Å². The summed E-state index contributed by atoms with van der Waals surface area (Å²) in [7, 11) is 5.77. The third-order valence-electron chi connectivity index (χ3n) is 8.13. The third kappa shape index (κ3) is 6.42. The van der Waals surface area contributed by atoms with E-state index < -0.39 is 0 Å². The van der Waals surface area contributed by atoms with Gasteiger partial charge in [-0.05, 0) is 76.7 Å². The molecule has 0 N–H and O–H groups in total. The van der Waals surface area contributed by atoms with Crippen LogP contribution < -0.4 is 4.74 Å². The van der Waals surface area contributed by atoms with E-state index in [1.807, 2.05) is 38.4 Å². The lowest BCUT2D eigenvalue weighted by Gasteiger charge is -2.42. The maximum Gasteiger partial charge on any atom is 0.306 e. The summed E-state index contributed by atoms with van der Waals surface area (Å²) in [6.45, 7) is 8.94. The SMILES string of the molecule is COC1[C@H](OC(=O)CCc2ccc(OCCN(C)C)cc2)CCC2(CO2)[C@H]1[C@@]1(C)O[C@@H]1CCC(C)C. The normalized spacial score (nSPS) is 33.2. The van der Waals surface area contributed by atoms with E-state index in [9.17, 15) is 4.79 Å². The van der Waals surface area contributed by atoms with Gasteiger partial charge in [0.25, 0.3) is 0 Å². The molecule has 1 aromatic carbocycles. The predicted molar refractivity (Wildman–Crippen MR) is 138 cm³/mol. The standard InChI is InChI=1S/C29H45NO6/c1-20(2)7-13-24-28(3,36-24)27-26(32-6)23(15-16-29(27)19-34-29)35-25(31)14-10-21-8-11-22(12-9-21)33-18-17-30(4)5/h8-9,11-12,20,23-24,26-27H,7,10,13-19H2,1-6H3/t23-,24-,26?,27-,28+,29?/m1/s1. The molecule has 3 aliphatic rings. The summed E-state index contributed by atoms with van der Waals surface area (Å²) >= 11 is 0. The van der Waals surface area contributed by atoms with Crippen molar-refractivity contribution in [2.24, 2.45) is 11.8 Å². The number of carbonyl (C=O) groups is 1. The van der Waals surface area contributed by atoms with Gasteiger partial charge >= 0.3 is 5.97 Å². The van der Waals surface area contributed by atoms with Crippen molar-refractivity contribution in [1.82, 2.24) is 4.90 Å². The van der Waals surface area contributed by atoms with Crippen LogP contribution in [0.3, 0.4) is 0 Å². The third-order valence-corrected chi connectivity index (χ3v) is 8.13. The maximum atomic E-state index is 12.8. The van der Waals surface area contributed by atoms with Crippen LogP contribution in [0.1, 0.15) is 58.4 Å². The first-order valence-corrected chi connectivity index (χ1v) is 13.6. The molecule has 0 radical (unpaired) electrons. The lowest BCUT2D eigenvalue weighted by molar-refractivity contribution is -0.171. The van der Waals surface area contributed by atoms with Crippen molar-refractivity contribution in [2.75, 3.05) is 41.0 Å². The minimum atomic E-state index is -0.284. The van der Waals surface area contributed by atoms with Gasteiger partial charge in [-0.3, -0.25) is 4.79 Å². The van der Waals surface area contributed by atoms with Crippen molar-refractivity contribution < 1.29 is 28.5 Å². The number of ether oxygens (including phenoxy) is 5. The average molecular weight is 504 g/mol. The first-order chi connectivity index (χ1) is 17.2. The number of epoxide rings is 2. The van der Waals surface area contributed by atoms with Crippen LogP contribution in [0, 0.1) is 11.8 Å². The Morgan fingerprint density at radius 1 is 1.22 bits per heavy atom. The second kappa shape index (κ2) is 11.4. The van der Waals surface area contributed by atoms with Crippen molar-refractivity contribution in [2.45, 2.75) is 88.8 Å². The van der Waals surface area contributed by atoms with Crippen LogP contribution in [0.25, 0.3) is 0 Å². The Morgan fingerprint density at radius 2 is 1.94 bits per heavy atom. The van der Waals surface area contributed by atoms with Gasteiger partial charge in [0.2, 0.25) is 0 Å². The quantitative estimate of drug-likeness (QED) is 0.294. The maximum absolute atomic E-state index is 12.8. The van der Waals surface area contributed by atoms with E-state index in [0.29, 0.717) is 25.4 Å². The van der Waals surface area contributed by atoms with Crippen molar-refractivity contribution >= 4 is 5.97 Å². The van der Waals surface area contributed by atoms with Crippen LogP contribution in [-0.2, 0) is 30.2 Å². The van der Waals surface area contributed by atoms with Crippen LogP contribution in [0.15, 0.2) is 24.3 Å². The summed E-state index contributed by atoms with van der Waals surface area (Å²) in [5, 5.41) is 0. The number of likely N-dealkylation sites (N-methyl/N-ethyl adjacent to an activating group) is 1. The average Bonchev–Trinajstić information content (AvgIpc) is 3.75. The molecule has 0 bridgehead atoms. The molecule has 0 aromatic heterocycles. The van der Waals surface area contributed by atoms with Crippen LogP contribution in [0.4, 0.5) is 0 Å². The number of benzene rings is 1.